The van der Waals surface area contributed by atoms with E-state index in [1.54, 1.807) is 41.5 Å². The molecule has 4 aromatic rings. The van der Waals surface area contributed by atoms with E-state index in [9.17, 15) is 24.0 Å². The van der Waals surface area contributed by atoms with Gasteiger partial charge >= 0.3 is 23.9 Å². The molecule has 1 unspecified atom stereocenters. The highest BCUT2D eigenvalue weighted by Crippen LogP contribution is 2.33. The average Bonchev–Trinajstić information content (AvgIpc) is 3.07. The number of nitrogens with zero attached hydrogens (tertiary/aromatic N) is 1. The van der Waals surface area contributed by atoms with Crippen molar-refractivity contribution in [2.45, 2.75) is 73.4 Å². The van der Waals surface area contributed by atoms with E-state index in [-0.39, 0.29) is 64.4 Å². The summed E-state index contributed by atoms with van der Waals surface area (Å²) in [6, 6.07) is 26.5. The van der Waals surface area contributed by atoms with Crippen molar-refractivity contribution in [2.24, 2.45) is 10.8 Å². The van der Waals surface area contributed by atoms with Crippen molar-refractivity contribution in [1.82, 2.24) is 0 Å². The van der Waals surface area contributed by atoms with E-state index in [1.807, 2.05) is 18.2 Å². The van der Waals surface area contributed by atoms with Gasteiger partial charge < -0.3 is 23.4 Å². The van der Waals surface area contributed by atoms with Gasteiger partial charge in [-0.2, -0.15) is 0 Å². The molecule has 1 atom stereocenters. The summed E-state index contributed by atoms with van der Waals surface area (Å²) in [7, 11) is 2.09. The van der Waals surface area contributed by atoms with Crippen molar-refractivity contribution < 1.29 is 47.4 Å². The number of carbonyl (C=O) groups excluding carboxylic acids is 5. The summed E-state index contributed by atoms with van der Waals surface area (Å²) in [6.45, 7) is 11.3. The van der Waals surface area contributed by atoms with Crippen LogP contribution in [0.1, 0.15) is 97.4 Å². The summed E-state index contributed by atoms with van der Waals surface area (Å²) in [6.07, 6.45) is 3.13. The highest BCUT2D eigenvalue weighted by Gasteiger charge is 2.39. The molecule has 0 radical (unpaired) electrons. The fraction of sp³-hybridized carbons (Fsp3) is 0.341. The number of carbonyl (C=O) groups is 5. The first-order valence-electron chi connectivity index (χ1n) is 18.1. The number of quaternary nitrogens is 1. The van der Waals surface area contributed by atoms with E-state index >= 15 is 0 Å². The largest absolute Gasteiger partial charge is 0.426 e. The van der Waals surface area contributed by atoms with Crippen molar-refractivity contribution >= 4 is 42.1 Å². The first-order valence-corrected chi connectivity index (χ1v) is 18.1. The van der Waals surface area contributed by atoms with E-state index in [4.69, 9.17) is 18.9 Å². The van der Waals surface area contributed by atoms with Crippen molar-refractivity contribution in [3.63, 3.8) is 0 Å². The SMILES string of the molecule is CC(C)(C)C(=O)Oc1ccc(C(=O)Oc2cc(OC(=O)c3ccc(OC(=O)C(C)(C)C)cc3)cc(C(=O)C[N+](C)(Cc3ccccc3)C3CCC3)c2)cc1.Cl. The predicted octanol–water partition coefficient (Wildman–Crippen LogP) is 8.83. The van der Waals surface area contributed by atoms with Gasteiger partial charge in [-0.15, -0.1) is 12.4 Å². The van der Waals surface area contributed by atoms with Gasteiger partial charge in [-0.3, -0.25) is 14.4 Å². The maximum atomic E-state index is 14.1. The number of hydrogen-bond donors (Lipinski definition) is 0. The second-order valence-electron chi connectivity index (χ2n) is 16.1. The van der Waals surface area contributed by atoms with Gasteiger partial charge in [0.05, 0.1) is 35.0 Å². The molecular weight excluding hydrogens is 722 g/mol. The molecule has 1 saturated carbocycles. The minimum Gasteiger partial charge on any atom is -0.426 e. The number of rotatable bonds is 12. The van der Waals surface area contributed by atoms with Crippen molar-refractivity contribution in [3.05, 3.63) is 119 Å². The second-order valence-corrected chi connectivity index (χ2v) is 16.1. The van der Waals surface area contributed by atoms with Gasteiger partial charge in [0, 0.05) is 17.2 Å². The normalized spacial score (nSPS) is 13.9. The average molecular weight is 771 g/mol. The Morgan fingerprint density at radius 2 is 1.02 bits per heavy atom. The van der Waals surface area contributed by atoms with Crippen LogP contribution in [0.3, 0.4) is 0 Å². The quantitative estimate of drug-likeness (QED) is 0.0602. The topological polar surface area (TPSA) is 122 Å². The van der Waals surface area contributed by atoms with Crippen LogP contribution >= 0.6 is 12.4 Å². The summed E-state index contributed by atoms with van der Waals surface area (Å²) in [5.74, 6) is -1.95. The van der Waals surface area contributed by atoms with E-state index in [1.165, 1.54) is 66.7 Å². The van der Waals surface area contributed by atoms with Gasteiger partial charge in [-0.25, -0.2) is 9.59 Å². The summed E-state index contributed by atoms with van der Waals surface area (Å²) in [5, 5.41) is 0. The molecule has 11 heteroatoms. The molecule has 55 heavy (non-hydrogen) atoms. The molecule has 0 aromatic heterocycles. The summed E-state index contributed by atoms with van der Waals surface area (Å²) in [4.78, 5) is 65.4. The monoisotopic (exact) mass is 770 g/mol. The number of esters is 4. The molecule has 0 spiro atoms. The van der Waals surface area contributed by atoms with E-state index in [2.05, 4.69) is 19.2 Å². The Hall–Kier alpha value is -5.32. The zero-order chi connectivity index (χ0) is 39.3. The molecule has 10 nitrogen and oxygen atoms in total. The fourth-order valence-electron chi connectivity index (χ4n) is 5.76. The lowest BCUT2D eigenvalue weighted by Crippen LogP contribution is -2.56. The Kier molecular flexibility index (Phi) is 13.4. The van der Waals surface area contributed by atoms with Crippen LogP contribution in [0, 0.1) is 10.8 Å². The molecule has 0 aliphatic heterocycles. The van der Waals surface area contributed by atoms with Gasteiger partial charge in [-0.1, -0.05) is 30.3 Å². The standard InChI is InChI=1S/C44H48NO9.ClH/c1-43(2,3)41(49)53-34-20-16-30(17-21-34)39(47)51-36-24-32(38(46)28-45(7,33-14-11-15-33)27-29-12-9-8-10-13-29)25-37(26-36)52-40(48)31-18-22-35(23-19-31)54-42(50)44(4,5)6;/h8-10,12-13,16-26,33H,11,14-15,27-28H2,1-7H3;1H/q+1;. The minimum absolute atomic E-state index is 0. The first-order chi connectivity index (χ1) is 25.4. The van der Waals surface area contributed by atoms with Crippen LogP contribution in [-0.2, 0) is 16.1 Å². The molecule has 0 amide bonds. The molecule has 0 N–H and O–H groups in total. The van der Waals surface area contributed by atoms with Crippen LogP contribution in [0.4, 0.5) is 0 Å². The van der Waals surface area contributed by atoms with Crippen LogP contribution in [0.5, 0.6) is 23.0 Å². The van der Waals surface area contributed by atoms with Crippen molar-refractivity contribution in [2.75, 3.05) is 13.6 Å². The Balaban J connectivity index is 0.00000673. The lowest BCUT2D eigenvalue weighted by molar-refractivity contribution is -0.943. The first kappa shape index (κ1) is 42.4. The molecule has 5 rings (SSSR count). The van der Waals surface area contributed by atoms with Crippen LogP contribution in [0.15, 0.2) is 97.1 Å². The molecule has 4 aromatic carbocycles. The lowest BCUT2D eigenvalue weighted by atomic mass is 9.88. The highest BCUT2D eigenvalue weighted by atomic mass is 35.5. The Labute approximate surface area is 328 Å². The molecule has 1 aliphatic rings. The van der Waals surface area contributed by atoms with Crippen LogP contribution in [0.2, 0.25) is 0 Å². The summed E-state index contributed by atoms with van der Waals surface area (Å²) < 4.78 is 22.8. The number of ether oxygens (including phenoxy) is 4. The van der Waals surface area contributed by atoms with Gasteiger partial charge in [-0.05, 0) is 121 Å². The number of ketones is 1. The Bertz CT molecular complexity index is 1910. The smallest absolute Gasteiger partial charge is 0.343 e. The van der Waals surface area contributed by atoms with Crippen molar-refractivity contribution in [1.29, 1.82) is 0 Å². The van der Waals surface area contributed by atoms with Crippen LogP contribution in [0.25, 0.3) is 0 Å². The molecule has 0 heterocycles. The predicted molar refractivity (Wildman–Crippen MR) is 210 cm³/mol. The number of Topliss-reactive ketones (excluding diaryl/α,β-unsaturated/α-hetero) is 1. The summed E-state index contributed by atoms with van der Waals surface area (Å²) >= 11 is 0. The molecule has 290 valence electrons. The number of halogens is 1. The number of likely N-dealkylation sites (N-methyl/N-ethyl adjacent to an activating group) is 1. The Morgan fingerprint density at radius 3 is 1.40 bits per heavy atom. The van der Waals surface area contributed by atoms with Crippen LogP contribution < -0.4 is 18.9 Å². The van der Waals surface area contributed by atoms with Gasteiger partial charge in [0.15, 0.2) is 0 Å². The van der Waals surface area contributed by atoms with E-state index < -0.39 is 34.7 Å². The second kappa shape index (κ2) is 17.4. The number of benzene rings is 4. The third kappa shape index (κ3) is 11.3. The molecular formula is C44H49ClNO9+. The minimum atomic E-state index is -0.731. The number of hydrogen-bond acceptors (Lipinski definition) is 9. The lowest BCUT2D eigenvalue weighted by Gasteiger charge is -2.45. The van der Waals surface area contributed by atoms with E-state index in [0.717, 1.165) is 24.8 Å². The third-order valence-electron chi connectivity index (χ3n) is 9.30. The molecule has 1 aliphatic carbocycles. The third-order valence-corrected chi connectivity index (χ3v) is 9.30. The highest BCUT2D eigenvalue weighted by molar-refractivity contribution is 5.99. The van der Waals surface area contributed by atoms with Gasteiger partial charge in [0.2, 0.25) is 5.78 Å². The summed E-state index contributed by atoms with van der Waals surface area (Å²) in [5.41, 5.74) is 0.266. The van der Waals surface area contributed by atoms with Crippen molar-refractivity contribution in [3.8, 4) is 23.0 Å². The molecule has 1 fully saturated rings. The maximum Gasteiger partial charge on any atom is 0.343 e. The maximum absolute atomic E-state index is 14.1. The van der Waals surface area contributed by atoms with Gasteiger partial charge in [0.25, 0.3) is 0 Å². The zero-order valence-electron chi connectivity index (χ0n) is 32.4. The van der Waals surface area contributed by atoms with E-state index in [0.29, 0.717) is 17.1 Å². The Morgan fingerprint density at radius 1 is 0.582 bits per heavy atom. The zero-order valence-corrected chi connectivity index (χ0v) is 33.2. The van der Waals surface area contributed by atoms with Gasteiger partial charge in [0.1, 0.15) is 36.1 Å². The molecule has 0 saturated heterocycles. The fourth-order valence-corrected chi connectivity index (χ4v) is 5.76. The molecule has 0 bridgehead atoms. The van der Waals surface area contributed by atoms with Crippen LogP contribution in [-0.4, -0.2) is 53.8 Å².